The molecule has 2 aromatic carbocycles. The van der Waals surface area contributed by atoms with E-state index >= 15 is 0 Å². The van der Waals surface area contributed by atoms with Crippen LogP contribution in [0.4, 0.5) is 0 Å². The van der Waals surface area contributed by atoms with Gasteiger partial charge in [0.25, 0.3) is 5.91 Å². The predicted octanol–water partition coefficient (Wildman–Crippen LogP) is 4.86. The van der Waals surface area contributed by atoms with E-state index in [9.17, 15) is 4.79 Å². The lowest BCUT2D eigenvalue weighted by Gasteiger charge is -2.13. The van der Waals surface area contributed by atoms with E-state index in [0.29, 0.717) is 5.69 Å². The van der Waals surface area contributed by atoms with Gasteiger partial charge in [-0.25, -0.2) is 4.98 Å². The van der Waals surface area contributed by atoms with Crippen molar-refractivity contribution in [3.8, 4) is 11.3 Å². The van der Waals surface area contributed by atoms with Crippen molar-refractivity contribution in [3.63, 3.8) is 0 Å². The van der Waals surface area contributed by atoms with Gasteiger partial charge >= 0.3 is 0 Å². The summed E-state index contributed by atoms with van der Waals surface area (Å²) in [5.74, 6) is -0.0968. The second-order valence-corrected chi connectivity index (χ2v) is 7.21. The molecule has 4 rings (SSSR count). The molecule has 1 unspecified atom stereocenters. The normalized spacial score (nSPS) is 12.2. The highest BCUT2D eigenvalue weighted by molar-refractivity contribution is 7.15. The fraction of sp³-hybridized carbons (Fsp3) is 0.143. The van der Waals surface area contributed by atoms with Gasteiger partial charge in [-0.05, 0) is 19.4 Å². The Balaban J connectivity index is 1.60. The molecule has 0 saturated carbocycles. The number of nitrogens with zero attached hydrogens (tertiary/aromatic N) is 2. The lowest BCUT2D eigenvalue weighted by atomic mass is 10.1. The van der Waals surface area contributed by atoms with Crippen LogP contribution in [0.3, 0.4) is 0 Å². The summed E-state index contributed by atoms with van der Waals surface area (Å²) in [5, 5.41) is 4.92. The van der Waals surface area contributed by atoms with Crippen LogP contribution in [0.5, 0.6) is 0 Å². The number of hydrogen-bond donors (Lipinski definition) is 1. The zero-order valence-corrected chi connectivity index (χ0v) is 15.5. The quantitative estimate of drug-likeness (QED) is 0.564. The van der Waals surface area contributed by atoms with E-state index in [1.54, 1.807) is 0 Å². The molecule has 0 spiro atoms. The second-order valence-electron chi connectivity index (χ2n) is 6.37. The van der Waals surface area contributed by atoms with Gasteiger partial charge in [-0.2, -0.15) is 0 Å². The van der Waals surface area contributed by atoms with Crippen LogP contribution in [0.25, 0.3) is 16.2 Å². The smallest absolute Gasteiger partial charge is 0.269 e. The highest BCUT2D eigenvalue weighted by Crippen LogP contribution is 2.24. The van der Waals surface area contributed by atoms with Gasteiger partial charge in [0.1, 0.15) is 5.69 Å². The molecular formula is C21H19N3OS. The summed E-state index contributed by atoms with van der Waals surface area (Å²) in [6.45, 7) is 4.05. The first-order valence-electron chi connectivity index (χ1n) is 8.51. The van der Waals surface area contributed by atoms with Gasteiger partial charge in [-0.3, -0.25) is 9.20 Å². The van der Waals surface area contributed by atoms with Crippen LogP contribution in [0.15, 0.2) is 66.2 Å². The van der Waals surface area contributed by atoms with Gasteiger partial charge in [0.05, 0.1) is 11.7 Å². The Labute approximate surface area is 156 Å². The highest BCUT2D eigenvalue weighted by atomic mass is 32.1. The number of carbonyl (C=O) groups excluding carboxylic acids is 1. The summed E-state index contributed by atoms with van der Waals surface area (Å²) < 4.78 is 1.87. The fourth-order valence-corrected chi connectivity index (χ4v) is 3.76. The monoisotopic (exact) mass is 361 g/mol. The first-order chi connectivity index (χ1) is 12.6. The van der Waals surface area contributed by atoms with Crippen LogP contribution in [0, 0.1) is 6.92 Å². The van der Waals surface area contributed by atoms with E-state index in [-0.39, 0.29) is 11.9 Å². The van der Waals surface area contributed by atoms with Crippen molar-refractivity contribution in [3.05, 3.63) is 83.0 Å². The van der Waals surface area contributed by atoms with Gasteiger partial charge in [0.2, 0.25) is 0 Å². The fourth-order valence-electron chi connectivity index (χ4n) is 2.91. The van der Waals surface area contributed by atoms with Crippen LogP contribution < -0.4 is 5.32 Å². The van der Waals surface area contributed by atoms with Crippen LogP contribution in [0.1, 0.15) is 34.6 Å². The summed E-state index contributed by atoms with van der Waals surface area (Å²) >= 11 is 1.47. The zero-order valence-electron chi connectivity index (χ0n) is 14.6. The Bertz CT molecular complexity index is 1050. The Kier molecular flexibility index (Phi) is 4.31. The van der Waals surface area contributed by atoms with Crippen LogP contribution in [-0.2, 0) is 0 Å². The average molecular weight is 361 g/mol. The molecule has 0 radical (unpaired) electrons. The van der Waals surface area contributed by atoms with Gasteiger partial charge < -0.3 is 5.32 Å². The number of fused-ring (bicyclic) bond motifs is 1. The predicted molar refractivity (Wildman–Crippen MR) is 106 cm³/mol. The molecule has 2 heterocycles. The van der Waals surface area contributed by atoms with E-state index < -0.39 is 0 Å². The first-order valence-corrected chi connectivity index (χ1v) is 9.39. The molecular weight excluding hydrogens is 342 g/mol. The lowest BCUT2D eigenvalue weighted by molar-refractivity contribution is 0.0934. The van der Waals surface area contributed by atoms with Gasteiger partial charge in [0, 0.05) is 17.1 Å². The summed E-state index contributed by atoms with van der Waals surface area (Å²) in [5.41, 5.74) is 4.83. The van der Waals surface area contributed by atoms with E-state index in [1.807, 2.05) is 53.2 Å². The Hall–Kier alpha value is -2.92. The molecule has 4 nitrogen and oxygen atoms in total. The van der Waals surface area contributed by atoms with Crippen molar-refractivity contribution in [1.82, 2.24) is 14.7 Å². The Morgan fingerprint density at radius 3 is 2.58 bits per heavy atom. The third kappa shape index (κ3) is 3.13. The molecule has 1 amide bonds. The number of nitrogens with one attached hydrogen (secondary N) is 1. The minimum Gasteiger partial charge on any atom is -0.344 e. The number of rotatable bonds is 4. The third-order valence-corrected chi connectivity index (χ3v) is 5.28. The van der Waals surface area contributed by atoms with Crippen LogP contribution in [-0.4, -0.2) is 15.3 Å². The molecule has 26 heavy (non-hydrogen) atoms. The third-order valence-electron chi connectivity index (χ3n) is 4.44. The van der Waals surface area contributed by atoms with Gasteiger partial charge in [0.15, 0.2) is 4.96 Å². The summed E-state index contributed by atoms with van der Waals surface area (Å²) in [7, 11) is 0. The van der Waals surface area contributed by atoms with Gasteiger partial charge in [-0.15, -0.1) is 11.3 Å². The molecule has 4 aromatic rings. The van der Waals surface area contributed by atoms with Gasteiger partial charge in [-0.1, -0.05) is 60.2 Å². The minimum absolute atomic E-state index is 0.0567. The van der Waals surface area contributed by atoms with Crippen molar-refractivity contribution >= 4 is 22.2 Å². The largest absolute Gasteiger partial charge is 0.344 e. The average Bonchev–Trinajstić information content (AvgIpc) is 3.23. The number of imidazole rings is 1. The highest BCUT2D eigenvalue weighted by Gasteiger charge is 2.17. The van der Waals surface area contributed by atoms with E-state index in [4.69, 9.17) is 0 Å². The molecule has 0 bridgehead atoms. The maximum Gasteiger partial charge on any atom is 0.269 e. The standard InChI is InChI=1S/C21H19N3OS/c1-14-8-10-17(11-9-14)18-12-24-19(13-26-21(24)23-18)20(25)22-15(2)16-6-4-3-5-7-16/h3-13,15H,1-2H3,(H,22,25). The van der Waals surface area contributed by atoms with E-state index in [1.165, 1.54) is 16.9 Å². The Morgan fingerprint density at radius 2 is 1.85 bits per heavy atom. The number of aromatic nitrogens is 2. The number of hydrogen-bond acceptors (Lipinski definition) is 3. The van der Waals surface area contributed by atoms with E-state index in [2.05, 4.69) is 41.5 Å². The van der Waals surface area contributed by atoms with Crippen molar-refractivity contribution in [1.29, 1.82) is 0 Å². The molecule has 1 atom stereocenters. The van der Waals surface area contributed by atoms with E-state index in [0.717, 1.165) is 21.8 Å². The number of carbonyl (C=O) groups is 1. The molecule has 5 heteroatoms. The number of aryl methyl sites for hydroxylation is 1. The number of thiazole rings is 1. The van der Waals surface area contributed by atoms with Crippen molar-refractivity contribution < 1.29 is 4.79 Å². The zero-order chi connectivity index (χ0) is 18.1. The topological polar surface area (TPSA) is 46.4 Å². The van der Waals surface area contributed by atoms with Crippen molar-refractivity contribution in [2.45, 2.75) is 19.9 Å². The maximum atomic E-state index is 12.7. The van der Waals surface area contributed by atoms with Crippen LogP contribution >= 0.6 is 11.3 Å². The number of benzene rings is 2. The maximum absolute atomic E-state index is 12.7. The minimum atomic E-state index is -0.0968. The summed E-state index contributed by atoms with van der Waals surface area (Å²) in [6, 6.07) is 18.1. The number of amides is 1. The summed E-state index contributed by atoms with van der Waals surface area (Å²) in [6.07, 6.45) is 1.93. The van der Waals surface area contributed by atoms with Crippen molar-refractivity contribution in [2.24, 2.45) is 0 Å². The lowest BCUT2D eigenvalue weighted by Crippen LogP contribution is -2.27. The molecule has 0 saturated heterocycles. The second kappa shape index (κ2) is 6.77. The molecule has 0 aliphatic carbocycles. The van der Waals surface area contributed by atoms with Crippen molar-refractivity contribution in [2.75, 3.05) is 0 Å². The SMILES string of the molecule is Cc1ccc(-c2cn3c(C(=O)NC(C)c4ccccc4)csc3n2)cc1. The first kappa shape index (κ1) is 16.5. The Morgan fingerprint density at radius 1 is 1.12 bits per heavy atom. The molecule has 0 aliphatic rings. The molecule has 2 aromatic heterocycles. The van der Waals surface area contributed by atoms with Crippen LogP contribution in [0.2, 0.25) is 0 Å². The molecule has 130 valence electrons. The molecule has 0 aliphatic heterocycles. The molecule has 0 fully saturated rings. The summed E-state index contributed by atoms with van der Waals surface area (Å²) in [4.78, 5) is 18.2. The molecule has 1 N–H and O–H groups in total.